The number of nitrogens with zero attached hydrogens (tertiary/aromatic N) is 4. The number of pyridine rings is 1. The number of alkyl halides is 1. The third-order valence-corrected chi connectivity index (χ3v) is 4.29. The van der Waals surface area contributed by atoms with Gasteiger partial charge >= 0.3 is 0 Å². The normalized spacial score (nSPS) is 11.3. The summed E-state index contributed by atoms with van der Waals surface area (Å²) in [7, 11) is 1.98. The van der Waals surface area contributed by atoms with Gasteiger partial charge in [-0.1, -0.05) is 17.8 Å². The van der Waals surface area contributed by atoms with Crippen molar-refractivity contribution in [3.8, 4) is 0 Å². The molecule has 98 valence electrons. The minimum Gasteiger partial charge on any atom is -0.325 e. The highest BCUT2D eigenvalue weighted by molar-refractivity contribution is 7.98. The van der Waals surface area contributed by atoms with Crippen LogP contribution in [0.2, 0.25) is 0 Å². The summed E-state index contributed by atoms with van der Waals surface area (Å²) in [4.78, 5) is 8.93. The van der Waals surface area contributed by atoms with Crippen LogP contribution in [0, 0.1) is 0 Å². The number of hydrogen-bond donors (Lipinski definition) is 0. The first-order valence-electron chi connectivity index (χ1n) is 5.90. The van der Waals surface area contributed by atoms with E-state index in [1.165, 1.54) is 0 Å². The van der Waals surface area contributed by atoms with Crippen molar-refractivity contribution in [2.75, 3.05) is 0 Å². The molecule has 0 saturated carbocycles. The van der Waals surface area contributed by atoms with Crippen molar-refractivity contribution in [2.45, 2.75) is 16.8 Å². The molecule has 3 aromatic rings. The first kappa shape index (κ1) is 12.6. The SMILES string of the molecule is Cn1c(CCl)cnc1SCc1cn2ccccc2n1. The van der Waals surface area contributed by atoms with Crippen LogP contribution in [0.1, 0.15) is 11.4 Å². The van der Waals surface area contributed by atoms with Crippen LogP contribution in [0.5, 0.6) is 0 Å². The van der Waals surface area contributed by atoms with Gasteiger partial charge in [0.1, 0.15) is 5.65 Å². The lowest BCUT2D eigenvalue weighted by atomic mass is 10.5. The summed E-state index contributed by atoms with van der Waals surface area (Å²) in [6, 6.07) is 5.99. The van der Waals surface area contributed by atoms with Crippen molar-refractivity contribution < 1.29 is 0 Å². The van der Waals surface area contributed by atoms with Crippen molar-refractivity contribution in [1.29, 1.82) is 0 Å². The van der Waals surface area contributed by atoms with E-state index in [1.807, 2.05) is 52.8 Å². The van der Waals surface area contributed by atoms with Crippen LogP contribution in [-0.2, 0) is 18.7 Å². The van der Waals surface area contributed by atoms with E-state index in [4.69, 9.17) is 11.6 Å². The maximum absolute atomic E-state index is 5.83. The van der Waals surface area contributed by atoms with Gasteiger partial charge in [-0.3, -0.25) is 0 Å². The van der Waals surface area contributed by atoms with E-state index >= 15 is 0 Å². The number of hydrogen-bond acceptors (Lipinski definition) is 3. The van der Waals surface area contributed by atoms with Gasteiger partial charge in [-0.2, -0.15) is 0 Å². The Morgan fingerprint density at radius 1 is 1.37 bits per heavy atom. The zero-order valence-electron chi connectivity index (χ0n) is 10.5. The third kappa shape index (κ3) is 2.48. The zero-order chi connectivity index (χ0) is 13.2. The average Bonchev–Trinajstić information content (AvgIpc) is 2.99. The maximum Gasteiger partial charge on any atom is 0.168 e. The van der Waals surface area contributed by atoms with Gasteiger partial charge in [0.05, 0.1) is 23.5 Å². The first-order chi connectivity index (χ1) is 9.28. The molecule has 0 aliphatic carbocycles. The van der Waals surface area contributed by atoms with Crippen molar-refractivity contribution >= 4 is 29.0 Å². The molecule has 0 unspecified atom stereocenters. The fraction of sp³-hybridized carbons (Fsp3) is 0.231. The highest BCUT2D eigenvalue weighted by Crippen LogP contribution is 2.22. The van der Waals surface area contributed by atoms with E-state index < -0.39 is 0 Å². The van der Waals surface area contributed by atoms with Crippen molar-refractivity contribution in [2.24, 2.45) is 7.05 Å². The van der Waals surface area contributed by atoms with Crippen LogP contribution < -0.4 is 0 Å². The Morgan fingerprint density at radius 2 is 2.26 bits per heavy atom. The lowest BCUT2D eigenvalue weighted by molar-refractivity contribution is 0.761. The van der Waals surface area contributed by atoms with E-state index in [1.54, 1.807) is 11.8 Å². The van der Waals surface area contributed by atoms with Crippen molar-refractivity contribution in [1.82, 2.24) is 18.9 Å². The van der Waals surface area contributed by atoms with Gasteiger partial charge < -0.3 is 8.97 Å². The van der Waals surface area contributed by atoms with Crippen LogP contribution in [0.25, 0.3) is 5.65 Å². The van der Waals surface area contributed by atoms with E-state index in [2.05, 4.69) is 9.97 Å². The van der Waals surface area contributed by atoms with E-state index in [0.29, 0.717) is 5.88 Å². The molecule has 0 N–H and O–H groups in total. The number of rotatable bonds is 4. The molecular formula is C13H13ClN4S. The Hall–Kier alpha value is -1.46. The summed E-state index contributed by atoms with van der Waals surface area (Å²) in [5.41, 5.74) is 3.05. The summed E-state index contributed by atoms with van der Waals surface area (Å²) in [5.74, 6) is 1.28. The molecule has 0 aliphatic heterocycles. The number of aromatic nitrogens is 4. The molecule has 0 aromatic carbocycles. The average molecular weight is 293 g/mol. The van der Waals surface area contributed by atoms with Crippen molar-refractivity contribution in [3.05, 3.63) is 48.2 Å². The fourth-order valence-corrected chi connectivity index (χ4v) is 2.98. The van der Waals surface area contributed by atoms with Gasteiger partial charge in [0.25, 0.3) is 0 Å². The lowest BCUT2D eigenvalue weighted by Crippen LogP contribution is -1.95. The Balaban J connectivity index is 1.76. The molecule has 0 bridgehead atoms. The summed E-state index contributed by atoms with van der Waals surface area (Å²) in [6.07, 6.45) is 5.87. The molecule has 6 heteroatoms. The first-order valence-corrected chi connectivity index (χ1v) is 7.42. The van der Waals surface area contributed by atoms with Crippen LogP contribution in [0.15, 0.2) is 41.9 Å². The molecule has 0 aliphatic rings. The highest BCUT2D eigenvalue weighted by atomic mass is 35.5. The Morgan fingerprint density at radius 3 is 3.00 bits per heavy atom. The topological polar surface area (TPSA) is 35.1 Å². The molecule has 0 amide bonds. The van der Waals surface area contributed by atoms with Crippen LogP contribution in [0.3, 0.4) is 0 Å². The predicted octanol–water partition coefficient (Wildman–Crippen LogP) is 3.10. The second-order valence-corrected chi connectivity index (χ2v) is 5.42. The summed E-state index contributed by atoms with van der Waals surface area (Å²) < 4.78 is 4.05. The lowest BCUT2D eigenvalue weighted by Gasteiger charge is -2.01. The molecule has 0 saturated heterocycles. The monoisotopic (exact) mass is 292 g/mol. The molecule has 4 nitrogen and oxygen atoms in total. The molecular weight excluding hydrogens is 280 g/mol. The molecule has 3 aromatic heterocycles. The van der Waals surface area contributed by atoms with Gasteiger partial charge in [0.15, 0.2) is 5.16 Å². The zero-order valence-corrected chi connectivity index (χ0v) is 12.0. The standard InChI is InChI=1S/C13H13ClN4S/c1-17-11(6-14)7-15-13(17)19-9-10-8-18-5-3-2-4-12(18)16-10/h2-5,7-8H,6,9H2,1H3. The molecule has 0 atom stereocenters. The number of halogens is 1. The molecule has 0 fully saturated rings. The summed E-state index contributed by atoms with van der Waals surface area (Å²) >= 11 is 7.50. The predicted molar refractivity (Wildman–Crippen MR) is 77.5 cm³/mol. The fourth-order valence-electron chi connectivity index (χ4n) is 1.88. The smallest absolute Gasteiger partial charge is 0.168 e. The summed E-state index contributed by atoms with van der Waals surface area (Å²) in [5, 5.41) is 0.965. The van der Waals surface area contributed by atoms with Gasteiger partial charge in [-0.15, -0.1) is 11.6 Å². The maximum atomic E-state index is 5.83. The second-order valence-electron chi connectivity index (χ2n) is 4.21. The minimum atomic E-state index is 0.485. The molecule has 3 rings (SSSR count). The van der Waals surface area contributed by atoms with Gasteiger partial charge in [0.2, 0.25) is 0 Å². The van der Waals surface area contributed by atoms with E-state index in [0.717, 1.165) is 27.9 Å². The molecule has 0 spiro atoms. The van der Waals surface area contributed by atoms with E-state index in [9.17, 15) is 0 Å². The van der Waals surface area contributed by atoms with Crippen LogP contribution in [-0.4, -0.2) is 18.9 Å². The highest BCUT2D eigenvalue weighted by Gasteiger charge is 2.08. The Labute approximate surface area is 120 Å². The quantitative estimate of drug-likeness (QED) is 0.547. The summed E-state index contributed by atoms with van der Waals surface area (Å²) in [6.45, 7) is 0. The Bertz CT molecular complexity index is 671. The number of fused-ring (bicyclic) bond motifs is 1. The Kier molecular flexibility index (Phi) is 3.48. The molecule has 0 radical (unpaired) electrons. The molecule has 19 heavy (non-hydrogen) atoms. The minimum absolute atomic E-state index is 0.485. The second kappa shape index (κ2) is 5.27. The number of thioether (sulfide) groups is 1. The molecule has 3 heterocycles. The van der Waals surface area contributed by atoms with Gasteiger partial charge in [-0.05, 0) is 12.1 Å². The van der Waals surface area contributed by atoms with Gasteiger partial charge in [0, 0.05) is 25.2 Å². The van der Waals surface area contributed by atoms with Crippen molar-refractivity contribution in [3.63, 3.8) is 0 Å². The third-order valence-electron chi connectivity index (χ3n) is 2.94. The largest absolute Gasteiger partial charge is 0.325 e. The van der Waals surface area contributed by atoms with Crippen LogP contribution in [0.4, 0.5) is 0 Å². The number of imidazole rings is 2. The van der Waals surface area contributed by atoms with Crippen LogP contribution >= 0.6 is 23.4 Å². The van der Waals surface area contributed by atoms with E-state index in [-0.39, 0.29) is 0 Å². The van der Waals surface area contributed by atoms with Gasteiger partial charge in [-0.25, -0.2) is 9.97 Å².